The number of para-hydroxylation sites is 2. The average molecular weight is 355 g/mol. The van der Waals surface area contributed by atoms with Crippen LogP contribution >= 0.6 is 0 Å². The highest BCUT2D eigenvalue weighted by molar-refractivity contribution is 5.95. The van der Waals surface area contributed by atoms with Crippen molar-refractivity contribution in [2.45, 2.75) is 52.6 Å². The van der Waals surface area contributed by atoms with Crippen LogP contribution in [0, 0.1) is 0 Å². The minimum atomic E-state index is -0.601. The lowest BCUT2D eigenvalue weighted by molar-refractivity contribution is -0.122. The van der Waals surface area contributed by atoms with E-state index in [2.05, 4.69) is 19.2 Å². The normalized spacial score (nSPS) is 11.7. The molecule has 0 aliphatic carbocycles. The summed E-state index contributed by atoms with van der Waals surface area (Å²) in [5.41, 5.74) is 1.94. The van der Waals surface area contributed by atoms with Crippen molar-refractivity contribution in [3.8, 4) is 11.5 Å². The molecule has 2 aromatic rings. The Morgan fingerprint density at radius 1 is 1.04 bits per heavy atom. The molecular formula is C22H29NO3. The number of anilines is 1. The predicted octanol–water partition coefficient (Wildman–Crippen LogP) is 5.22. The zero-order valence-corrected chi connectivity index (χ0v) is 16.0. The van der Waals surface area contributed by atoms with E-state index < -0.39 is 6.10 Å². The quantitative estimate of drug-likeness (QED) is 0.594. The number of hydrogen-bond donors (Lipinski definition) is 1. The van der Waals surface area contributed by atoms with Crippen LogP contribution in [0.5, 0.6) is 11.5 Å². The highest BCUT2D eigenvalue weighted by atomic mass is 16.5. The molecule has 2 rings (SSSR count). The monoisotopic (exact) mass is 355 g/mol. The first-order valence-electron chi connectivity index (χ1n) is 9.42. The first-order valence-corrected chi connectivity index (χ1v) is 9.42. The molecular weight excluding hydrogens is 326 g/mol. The average Bonchev–Trinajstić information content (AvgIpc) is 2.65. The molecule has 0 heterocycles. The van der Waals surface area contributed by atoms with Gasteiger partial charge in [-0.15, -0.1) is 0 Å². The fourth-order valence-electron chi connectivity index (χ4n) is 2.54. The van der Waals surface area contributed by atoms with Crippen molar-refractivity contribution >= 4 is 11.6 Å². The van der Waals surface area contributed by atoms with Crippen molar-refractivity contribution in [1.82, 2.24) is 0 Å². The van der Waals surface area contributed by atoms with Crippen molar-refractivity contribution in [3.05, 3.63) is 54.1 Å². The second-order valence-electron chi connectivity index (χ2n) is 6.34. The van der Waals surface area contributed by atoms with Gasteiger partial charge in [0.05, 0.1) is 12.3 Å². The van der Waals surface area contributed by atoms with E-state index in [0.717, 1.165) is 25.7 Å². The van der Waals surface area contributed by atoms with Gasteiger partial charge in [0.2, 0.25) is 0 Å². The molecule has 2 aromatic carbocycles. The molecule has 0 aliphatic rings. The molecule has 0 spiro atoms. The third kappa shape index (κ3) is 6.10. The molecule has 1 amide bonds. The summed E-state index contributed by atoms with van der Waals surface area (Å²) in [5.74, 6) is 1.18. The Hall–Kier alpha value is -2.49. The van der Waals surface area contributed by atoms with Gasteiger partial charge in [0.15, 0.2) is 6.10 Å². The fourth-order valence-corrected chi connectivity index (χ4v) is 2.54. The SMILES string of the molecule is CCCCOc1ccccc1NC(=O)C(C)Oc1ccc(CCC)cc1. The van der Waals surface area contributed by atoms with Crippen LogP contribution in [0.3, 0.4) is 0 Å². The van der Waals surface area contributed by atoms with Crippen LogP contribution in [-0.4, -0.2) is 18.6 Å². The largest absolute Gasteiger partial charge is 0.491 e. The summed E-state index contributed by atoms with van der Waals surface area (Å²) < 4.78 is 11.5. The summed E-state index contributed by atoms with van der Waals surface area (Å²) in [6.45, 7) is 6.65. The number of amides is 1. The summed E-state index contributed by atoms with van der Waals surface area (Å²) in [5, 5.41) is 2.90. The number of aryl methyl sites for hydroxylation is 1. The number of carbonyl (C=O) groups is 1. The van der Waals surface area contributed by atoms with Gasteiger partial charge in [-0.05, 0) is 49.6 Å². The Balaban J connectivity index is 1.94. The maximum Gasteiger partial charge on any atom is 0.265 e. The van der Waals surface area contributed by atoms with Crippen molar-refractivity contribution in [2.75, 3.05) is 11.9 Å². The van der Waals surface area contributed by atoms with Gasteiger partial charge < -0.3 is 14.8 Å². The van der Waals surface area contributed by atoms with Gasteiger partial charge in [-0.3, -0.25) is 4.79 Å². The van der Waals surface area contributed by atoms with Gasteiger partial charge in [-0.2, -0.15) is 0 Å². The first kappa shape index (κ1) is 19.8. The van der Waals surface area contributed by atoms with Gasteiger partial charge in [0, 0.05) is 0 Å². The molecule has 0 aliphatic heterocycles. The van der Waals surface area contributed by atoms with E-state index in [-0.39, 0.29) is 5.91 Å². The Morgan fingerprint density at radius 2 is 1.77 bits per heavy atom. The first-order chi connectivity index (χ1) is 12.6. The van der Waals surface area contributed by atoms with Gasteiger partial charge in [0.25, 0.3) is 5.91 Å². The van der Waals surface area contributed by atoms with Gasteiger partial charge in [-0.25, -0.2) is 0 Å². The summed E-state index contributed by atoms with van der Waals surface area (Å²) in [4.78, 5) is 12.5. The van der Waals surface area contributed by atoms with Gasteiger partial charge in [0.1, 0.15) is 11.5 Å². The smallest absolute Gasteiger partial charge is 0.265 e. The number of carbonyl (C=O) groups excluding carboxylic acids is 1. The number of benzene rings is 2. The lowest BCUT2D eigenvalue weighted by Gasteiger charge is -2.17. The molecule has 1 unspecified atom stereocenters. The molecule has 0 fully saturated rings. The molecule has 4 heteroatoms. The lowest BCUT2D eigenvalue weighted by atomic mass is 10.1. The minimum absolute atomic E-state index is 0.200. The molecule has 0 radical (unpaired) electrons. The van der Waals surface area contributed by atoms with Crippen molar-refractivity contribution < 1.29 is 14.3 Å². The molecule has 0 aromatic heterocycles. The summed E-state index contributed by atoms with van der Waals surface area (Å²) in [6.07, 6.45) is 3.60. The van der Waals surface area contributed by atoms with Crippen LogP contribution < -0.4 is 14.8 Å². The minimum Gasteiger partial charge on any atom is -0.491 e. The zero-order valence-electron chi connectivity index (χ0n) is 16.0. The number of nitrogens with one attached hydrogen (secondary N) is 1. The van der Waals surface area contributed by atoms with Crippen LogP contribution in [0.25, 0.3) is 0 Å². The summed E-state index contributed by atoms with van der Waals surface area (Å²) >= 11 is 0. The van der Waals surface area contributed by atoms with Crippen LogP contribution in [0.4, 0.5) is 5.69 Å². The van der Waals surface area contributed by atoms with E-state index >= 15 is 0 Å². The molecule has 0 saturated carbocycles. The van der Waals surface area contributed by atoms with Crippen LogP contribution in [-0.2, 0) is 11.2 Å². The Kier molecular flexibility index (Phi) is 8.00. The number of hydrogen-bond acceptors (Lipinski definition) is 3. The summed E-state index contributed by atoms with van der Waals surface area (Å²) in [7, 11) is 0. The third-order valence-corrected chi connectivity index (χ3v) is 4.04. The standard InChI is InChI=1S/C22H29NO3/c1-4-6-16-25-21-11-8-7-10-20(21)23-22(24)17(3)26-19-14-12-18(9-5-2)13-15-19/h7-8,10-15,17H,4-6,9,16H2,1-3H3,(H,23,24). The molecule has 26 heavy (non-hydrogen) atoms. The van der Waals surface area contributed by atoms with Crippen LogP contribution in [0.2, 0.25) is 0 Å². The maximum atomic E-state index is 12.5. The summed E-state index contributed by atoms with van der Waals surface area (Å²) in [6, 6.07) is 15.4. The Bertz CT molecular complexity index is 682. The highest BCUT2D eigenvalue weighted by Gasteiger charge is 2.16. The molecule has 1 N–H and O–H groups in total. The number of rotatable bonds is 10. The number of ether oxygens (including phenoxy) is 2. The van der Waals surface area contributed by atoms with Crippen molar-refractivity contribution in [1.29, 1.82) is 0 Å². The predicted molar refractivity (Wildman–Crippen MR) is 106 cm³/mol. The van der Waals surface area contributed by atoms with Gasteiger partial charge >= 0.3 is 0 Å². The van der Waals surface area contributed by atoms with Crippen LogP contribution in [0.1, 0.15) is 45.6 Å². The van der Waals surface area contributed by atoms with E-state index in [1.165, 1.54) is 5.56 Å². The molecule has 1 atom stereocenters. The van der Waals surface area contributed by atoms with Crippen molar-refractivity contribution in [3.63, 3.8) is 0 Å². The molecule has 4 nitrogen and oxygen atoms in total. The molecule has 0 saturated heterocycles. The molecule has 0 bridgehead atoms. The second-order valence-corrected chi connectivity index (χ2v) is 6.34. The third-order valence-electron chi connectivity index (χ3n) is 4.04. The Labute approximate surface area is 156 Å². The highest BCUT2D eigenvalue weighted by Crippen LogP contribution is 2.24. The fraction of sp³-hybridized carbons (Fsp3) is 0.409. The van der Waals surface area contributed by atoms with E-state index in [9.17, 15) is 4.79 Å². The lowest BCUT2D eigenvalue weighted by Crippen LogP contribution is -2.30. The second kappa shape index (κ2) is 10.5. The number of unbranched alkanes of at least 4 members (excludes halogenated alkanes) is 1. The maximum absolute atomic E-state index is 12.5. The zero-order chi connectivity index (χ0) is 18.8. The van der Waals surface area contributed by atoms with Crippen LogP contribution in [0.15, 0.2) is 48.5 Å². The van der Waals surface area contributed by atoms with E-state index in [1.54, 1.807) is 6.92 Å². The molecule has 140 valence electrons. The van der Waals surface area contributed by atoms with E-state index in [4.69, 9.17) is 9.47 Å². The van der Waals surface area contributed by atoms with Gasteiger partial charge in [-0.1, -0.05) is 51.0 Å². The van der Waals surface area contributed by atoms with E-state index in [1.807, 2.05) is 48.5 Å². The topological polar surface area (TPSA) is 47.6 Å². The van der Waals surface area contributed by atoms with Crippen molar-refractivity contribution in [2.24, 2.45) is 0 Å². The van der Waals surface area contributed by atoms with E-state index in [0.29, 0.717) is 23.8 Å². The Morgan fingerprint density at radius 3 is 2.46 bits per heavy atom.